The van der Waals surface area contributed by atoms with Gasteiger partial charge in [0.25, 0.3) is 20.2 Å². The molecule has 0 saturated carbocycles. The van der Waals surface area contributed by atoms with Gasteiger partial charge in [0, 0.05) is 0 Å². The fraction of sp³-hybridized carbons (Fsp3) is 1.00. The fourth-order valence-electron chi connectivity index (χ4n) is 0. The number of rotatable bonds is 0. The predicted octanol–water partition coefficient (Wildman–Crippen LogP) is 2.76. The summed E-state index contributed by atoms with van der Waals surface area (Å²) in [5, 5.41) is 0. The van der Waals surface area contributed by atoms with Crippen molar-refractivity contribution in [3.05, 3.63) is 0 Å². The average Bonchev–Trinajstić information content (AvgIpc) is 1.97. The third-order valence-corrected chi connectivity index (χ3v) is 4.64. The normalized spacial score (nSPS) is 12.7. The summed E-state index contributed by atoms with van der Waals surface area (Å²) in [5.74, 6) is 0. The van der Waals surface area contributed by atoms with Gasteiger partial charge < -0.3 is 0 Å². The third-order valence-electron chi connectivity index (χ3n) is 1.55. The van der Waals surface area contributed by atoms with Crippen molar-refractivity contribution in [2.24, 2.45) is 0 Å². The molecule has 0 unspecified atom stereocenters. The molecule has 19 heavy (non-hydrogen) atoms. The topological polar surface area (TPSA) is 109 Å². The zero-order chi connectivity index (χ0) is 16.7. The monoisotopic (exact) mass is 320 g/mol. The van der Waals surface area contributed by atoms with E-state index in [0.29, 0.717) is 0 Å². The van der Waals surface area contributed by atoms with E-state index in [-0.39, 0.29) is 0 Å². The molecule has 0 aliphatic carbocycles. The zero-order valence-electron chi connectivity index (χ0n) is 13.1. The van der Waals surface area contributed by atoms with Crippen LogP contribution in [0.4, 0.5) is 0 Å². The van der Waals surface area contributed by atoms with E-state index in [4.69, 9.17) is 9.11 Å². The van der Waals surface area contributed by atoms with Gasteiger partial charge in [-0.15, -0.1) is 0 Å². The van der Waals surface area contributed by atoms with Crippen LogP contribution >= 0.6 is 0 Å². The Labute approximate surface area is 118 Å². The first-order valence-corrected chi connectivity index (χ1v) is 8.73. The van der Waals surface area contributed by atoms with E-state index in [9.17, 15) is 16.8 Å². The summed E-state index contributed by atoms with van der Waals surface area (Å²) in [6.45, 7) is 12.8. The second kappa shape index (κ2) is 8.18. The highest BCUT2D eigenvalue weighted by Gasteiger charge is 2.26. The van der Waals surface area contributed by atoms with E-state index in [1.807, 2.05) is 0 Å². The fourth-order valence-corrected chi connectivity index (χ4v) is 0. The lowest BCUT2D eigenvalue weighted by Crippen LogP contribution is -2.26. The summed E-state index contributed by atoms with van der Waals surface area (Å²) >= 11 is 0. The summed E-state index contributed by atoms with van der Waals surface area (Å²) in [4.78, 5) is 0. The van der Waals surface area contributed by atoms with Gasteiger partial charge in [0.1, 0.15) is 0 Å². The Balaban J connectivity index is -0.000000224. The van der Waals surface area contributed by atoms with Crippen LogP contribution in [0.2, 0.25) is 0 Å². The lowest BCUT2D eigenvalue weighted by Gasteiger charge is -2.12. The van der Waals surface area contributed by atoms with E-state index in [1.54, 1.807) is 0 Å². The van der Waals surface area contributed by atoms with Gasteiger partial charge in [-0.1, -0.05) is 20.3 Å². The third kappa shape index (κ3) is 14.0. The molecule has 0 aliphatic rings. The van der Waals surface area contributed by atoms with Crippen molar-refractivity contribution < 1.29 is 25.9 Å². The molecule has 0 aromatic heterocycles. The average molecular weight is 320 g/mol. The van der Waals surface area contributed by atoms with Gasteiger partial charge in [-0.25, -0.2) is 0 Å². The van der Waals surface area contributed by atoms with Gasteiger partial charge >= 0.3 is 0 Å². The van der Waals surface area contributed by atoms with Gasteiger partial charge in [0.2, 0.25) is 0 Å². The van der Waals surface area contributed by atoms with E-state index in [0.717, 1.165) is 0 Å². The quantitative estimate of drug-likeness (QED) is 0.664. The first kappa shape index (κ1) is 23.9. The molecule has 0 heterocycles. The Morgan fingerprint density at radius 3 is 0.737 bits per heavy atom. The van der Waals surface area contributed by atoms with Crippen molar-refractivity contribution in [2.45, 2.75) is 71.3 Å². The number of hydrogen-bond acceptors (Lipinski definition) is 4. The molecular formula is C11H28O6S2. The van der Waals surface area contributed by atoms with Crippen LogP contribution in [0.15, 0.2) is 0 Å². The minimum atomic E-state index is -3.84. The first-order chi connectivity index (χ1) is 7.91. The highest BCUT2D eigenvalue weighted by molar-refractivity contribution is 7.87. The van der Waals surface area contributed by atoms with E-state index < -0.39 is 29.7 Å². The molecule has 2 N–H and O–H groups in total. The Morgan fingerprint density at radius 2 is 0.737 bits per heavy atom. The molecule has 0 aliphatic heterocycles. The van der Waals surface area contributed by atoms with E-state index in [1.165, 1.54) is 48.0 Å². The van der Waals surface area contributed by atoms with Gasteiger partial charge in [-0.3, -0.25) is 9.11 Å². The molecule has 6 nitrogen and oxygen atoms in total. The largest absolute Gasteiger partial charge is 0.285 e. The minimum absolute atomic E-state index is 1.03. The lowest BCUT2D eigenvalue weighted by molar-refractivity contribution is 0.448. The molecule has 0 saturated heterocycles. The summed E-state index contributed by atoms with van der Waals surface area (Å²) in [7, 11) is -7.68. The van der Waals surface area contributed by atoms with E-state index in [2.05, 4.69) is 13.8 Å². The Morgan fingerprint density at radius 1 is 0.684 bits per heavy atom. The van der Waals surface area contributed by atoms with Crippen molar-refractivity contribution >= 4 is 20.2 Å². The summed E-state index contributed by atoms with van der Waals surface area (Å²) in [6.07, 6.45) is 1.25. The molecule has 120 valence electrons. The molecule has 0 fully saturated rings. The van der Waals surface area contributed by atoms with E-state index >= 15 is 0 Å². The molecular weight excluding hydrogens is 292 g/mol. The molecule has 0 aromatic rings. The van der Waals surface area contributed by atoms with Crippen molar-refractivity contribution in [1.82, 2.24) is 0 Å². The highest BCUT2D eigenvalue weighted by Crippen LogP contribution is 2.12. The zero-order valence-corrected chi connectivity index (χ0v) is 14.7. The maximum atomic E-state index is 10.2. The van der Waals surface area contributed by atoms with Crippen LogP contribution in [0.5, 0.6) is 0 Å². The lowest BCUT2D eigenvalue weighted by atomic mass is 10.3. The maximum absolute atomic E-state index is 10.2. The van der Waals surface area contributed by atoms with Gasteiger partial charge in [-0.2, -0.15) is 16.8 Å². The van der Waals surface area contributed by atoms with Crippen LogP contribution in [0, 0.1) is 0 Å². The van der Waals surface area contributed by atoms with Crippen LogP contribution in [0.1, 0.15) is 61.8 Å². The van der Waals surface area contributed by atoms with Gasteiger partial charge in [-0.05, 0) is 41.5 Å². The molecule has 0 amide bonds. The smallest absolute Gasteiger partial charge is 0.269 e. The van der Waals surface area contributed by atoms with Crippen LogP contribution < -0.4 is 0 Å². The van der Waals surface area contributed by atoms with Crippen molar-refractivity contribution in [2.75, 3.05) is 0 Å². The minimum Gasteiger partial charge on any atom is -0.285 e. The molecule has 0 spiro atoms. The molecule has 0 atom stereocenters. The number of hydrogen-bond donors (Lipinski definition) is 2. The SMILES string of the molecule is CC(C)(C)S(=O)(=O)O.CC(C)(C)S(=O)(=O)O.CCC. The maximum Gasteiger partial charge on any atom is 0.269 e. The molecule has 8 heteroatoms. The first-order valence-electron chi connectivity index (χ1n) is 5.85. The summed E-state index contributed by atoms with van der Waals surface area (Å²) in [5.41, 5.74) is 0. The van der Waals surface area contributed by atoms with Crippen molar-refractivity contribution in [1.29, 1.82) is 0 Å². The van der Waals surface area contributed by atoms with Crippen LogP contribution in [0.25, 0.3) is 0 Å². The van der Waals surface area contributed by atoms with Crippen LogP contribution in [-0.2, 0) is 20.2 Å². The predicted molar refractivity (Wildman–Crippen MR) is 78.6 cm³/mol. The van der Waals surface area contributed by atoms with Crippen molar-refractivity contribution in [3.8, 4) is 0 Å². The summed E-state index contributed by atoms with van der Waals surface area (Å²) < 4.78 is 55.4. The Hall–Kier alpha value is -0.180. The molecule has 0 radical (unpaired) electrons. The molecule has 0 bridgehead atoms. The Bertz CT molecular complexity index is 379. The second-order valence-corrected chi connectivity index (χ2v) is 10.2. The molecule has 0 rings (SSSR count). The molecule has 0 aromatic carbocycles. The van der Waals surface area contributed by atoms with Crippen molar-refractivity contribution in [3.63, 3.8) is 0 Å². The van der Waals surface area contributed by atoms with Gasteiger partial charge in [0.15, 0.2) is 0 Å². The second-order valence-electron chi connectivity index (χ2n) is 5.88. The standard InChI is InChI=1S/2C4H10O3S.C3H8/c2*1-4(2,3)8(5,6)7;1-3-2/h2*1-3H3,(H,5,6,7);3H2,1-2H3. The van der Waals surface area contributed by atoms with Crippen LogP contribution in [0.3, 0.4) is 0 Å². The van der Waals surface area contributed by atoms with Crippen LogP contribution in [-0.4, -0.2) is 35.4 Å². The summed E-state index contributed by atoms with van der Waals surface area (Å²) in [6, 6.07) is 0. The highest BCUT2D eigenvalue weighted by atomic mass is 32.2. The Kier molecular flexibility index (Phi) is 10.3. The van der Waals surface area contributed by atoms with Gasteiger partial charge in [0.05, 0.1) is 9.49 Å².